The molecule has 2 aliphatic rings. The van der Waals surface area contributed by atoms with Gasteiger partial charge in [-0.25, -0.2) is 4.79 Å². The van der Waals surface area contributed by atoms with Crippen LogP contribution in [0.15, 0.2) is 60.7 Å². The van der Waals surface area contributed by atoms with Gasteiger partial charge in [-0.1, -0.05) is 60.7 Å². The van der Waals surface area contributed by atoms with Crippen LogP contribution in [0.1, 0.15) is 17.5 Å². The molecule has 4 rings (SSSR count). The molecular weight excluding hydrogens is 342 g/mol. The number of hydrogen-bond acceptors (Lipinski definition) is 3. The van der Waals surface area contributed by atoms with E-state index in [2.05, 4.69) is 5.32 Å². The molecule has 0 bridgehead atoms. The first-order chi connectivity index (χ1) is 13.1. The minimum Gasteiger partial charge on any atom is -0.391 e. The number of amides is 3. The summed E-state index contributed by atoms with van der Waals surface area (Å²) in [7, 11) is 0. The van der Waals surface area contributed by atoms with E-state index in [4.69, 9.17) is 0 Å². The third kappa shape index (κ3) is 3.66. The van der Waals surface area contributed by atoms with Crippen molar-refractivity contribution in [2.75, 3.05) is 6.54 Å². The van der Waals surface area contributed by atoms with E-state index in [1.165, 1.54) is 0 Å². The highest BCUT2D eigenvalue weighted by molar-refractivity contribution is 5.90. The molecule has 140 valence electrons. The average molecular weight is 365 g/mol. The van der Waals surface area contributed by atoms with Gasteiger partial charge in [-0.05, 0) is 11.1 Å². The number of aliphatic hydroxyl groups excluding tert-OH is 1. The molecule has 2 aromatic rings. The van der Waals surface area contributed by atoms with E-state index >= 15 is 0 Å². The molecule has 27 heavy (non-hydrogen) atoms. The maximum atomic E-state index is 13.1. The normalized spacial score (nSPS) is 25.1. The van der Waals surface area contributed by atoms with Gasteiger partial charge in [0.25, 0.3) is 0 Å². The van der Waals surface area contributed by atoms with Gasteiger partial charge in [-0.15, -0.1) is 0 Å². The van der Waals surface area contributed by atoms with Gasteiger partial charge in [0, 0.05) is 25.9 Å². The molecule has 2 fully saturated rings. The summed E-state index contributed by atoms with van der Waals surface area (Å²) < 4.78 is 0. The lowest BCUT2D eigenvalue weighted by atomic mass is 10.1. The van der Waals surface area contributed by atoms with Crippen LogP contribution >= 0.6 is 0 Å². The number of rotatable bonds is 4. The summed E-state index contributed by atoms with van der Waals surface area (Å²) in [5, 5.41) is 13.1. The Balaban J connectivity index is 1.61. The number of aliphatic hydroxyl groups is 1. The summed E-state index contributed by atoms with van der Waals surface area (Å²) in [5.74, 6) is -0.135. The first-order valence-electron chi connectivity index (χ1n) is 9.25. The highest BCUT2D eigenvalue weighted by Crippen LogP contribution is 2.27. The van der Waals surface area contributed by atoms with Crippen molar-refractivity contribution in [2.24, 2.45) is 0 Å². The van der Waals surface area contributed by atoms with Crippen molar-refractivity contribution in [1.29, 1.82) is 0 Å². The van der Waals surface area contributed by atoms with E-state index in [-0.39, 0.29) is 18.5 Å². The van der Waals surface area contributed by atoms with Crippen molar-refractivity contribution >= 4 is 11.9 Å². The Morgan fingerprint density at radius 3 is 2.26 bits per heavy atom. The highest BCUT2D eigenvalue weighted by atomic mass is 16.3. The van der Waals surface area contributed by atoms with Crippen LogP contribution in [0.25, 0.3) is 0 Å². The molecule has 6 nitrogen and oxygen atoms in total. The van der Waals surface area contributed by atoms with Crippen molar-refractivity contribution in [3.05, 3.63) is 71.8 Å². The Kier molecular flexibility index (Phi) is 4.81. The Hall–Kier alpha value is -2.86. The van der Waals surface area contributed by atoms with E-state index in [1.807, 2.05) is 60.7 Å². The number of nitrogens with zero attached hydrogens (tertiary/aromatic N) is 2. The SMILES string of the molecule is O=C1N[C@@H](Cc2ccccc2)C(=O)N2C[C@H](O)C[C@H]2N1Cc1ccccc1. The van der Waals surface area contributed by atoms with Crippen LogP contribution in [0.4, 0.5) is 4.79 Å². The van der Waals surface area contributed by atoms with Gasteiger partial charge in [-0.3, -0.25) is 9.69 Å². The molecule has 6 heteroatoms. The fraction of sp³-hybridized carbons (Fsp3) is 0.333. The molecule has 0 unspecified atom stereocenters. The number of urea groups is 1. The lowest BCUT2D eigenvalue weighted by Crippen LogP contribution is -2.47. The maximum Gasteiger partial charge on any atom is 0.320 e. The van der Waals surface area contributed by atoms with Crippen molar-refractivity contribution in [3.63, 3.8) is 0 Å². The molecule has 3 amide bonds. The second-order valence-electron chi connectivity index (χ2n) is 7.17. The summed E-state index contributed by atoms with van der Waals surface area (Å²) in [6.07, 6.45) is -0.220. The minimum atomic E-state index is -0.631. The number of hydrogen-bond donors (Lipinski definition) is 2. The quantitative estimate of drug-likeness (QED) is 0.867. The van der Waals surface area contributed by atoms with Gasteiger partial charge < -0.3 is 15.3 Å². The minimum absolute atomic E-state index is 0.135. The molecule has 2 heterocycles. The third-order valence-electron chi connectivity index (χ3n) is 5.23. The number of carbonyl (C=O) groups excluding carboxylic acids is 2. The predicted molar refractivity (Wildman–Crippen MR) is 101 cm³/mol. The molecule has 2 saturated heterocycles. The monoisotopic (exact) mass is 365 g/mol. The second-order valence-corrected chi connectivity index (χ2v) is 7.17. The molecule has 0 saturated carbocycles. The highest BCUT2D eigenvalue weighted by Gasteiger charge is 2.45. The van der Waals surface area contributed by atoms with E-state index in [9.17, 15) is 14.7 Å². The smallest absolute Gasteiger partial charge is 0.320 e. The fourth-order valence-electron chi connectivity index (χ4n) is 3.90. The molecule has 2 N–H and O–H groups in total. The summed E-state index contributed by atoms with van der Waals surface area (Å²) in [5.41, 5.74) is 1.98. The molecule has 0 aliphatic carbocycles. The first-order valence-corrected chi connectivity index (χ1v) is 9.25. The molecule has 2 aliphatic heterocycles. The van der Waals surface area contributed by atoms with Crippen molar-refractivity contribution in [1.82, 2.24) is 15.1 Å². The van der Waals surface area contributed by atoms with Crippen molar-refractivity contribution in [2.45, 2.75) is 37.7 Å². The van der Waals surface area contributed by atoms with Crippen molar-refractivity contribution in [3.8, 4) is 0 Å². The van der Waals surface area contributed by atoms with E-state index in [1.54, 1.807) is 9.80 Å². The standard InChI is InChI=1S/C21H23N3O3/c25-17-12-19-23(14-17)20(26)18(11-15-7-3-1-4-8-15)22-21(27)24(19)13-16-9-5-2-6-10-16/h1-10,17-19,25H,11-14H2,(H,22,27)/t17-,18+,19-/m1/s1. The summed E-state index contributed by atoms with van der Waals surface area (Å²) >= 11 is 0. The van der Waals surface area contributed by atoms with Gasteiger partial charge >= 0.3 is 6.03 Å². The molecule has 0 radical (unpaired) electrons. The van der Waals surface area contributed by atoms with Gasteiger partial charge in [0.1, 0.15) is 12.2 Å². The predicted octanol–water partition coefficient (Wildman–Crippen LogP) is 1.74. The fourth-order valence-corrected chi connectivity index (χ4v) is 3.90. The first kappa shape index (κ1) is 17.5. The Bertz CT molecular complexity index is 812. The zero-order valence-electron chi connectivity index (χ0n) is 15.0. The van der Waals surface area contributed by atoms with Crippen LogP contribution in [0, 0.1) is 0 Å². The number of fused-ring (bicyclic) bond motifs is 1. The summed E-state index contributed by atoms with van der Waals surface area (Å²) in [4.78, 5) is 29.4. The number of benzene rings is 2. The summed E-state index contributed by atoms with van der Waals surface area (Å²) in [6, 6.07) is 18.4. The lowest BCUT2D eigenvalue weighted by Gasteiger charge is -2.31. The number of carbonyl (C=O) groups is 2. The van der Waals surface area contributed by atoms with Crippen LogP contribution < -0.4 is 5.32 Å². The molecule has 0 aromatic heterocycles. The van der Waals surface area contributed by atoms with Crippen molar-refractivity contribution < 1.29 is 14.7 Å². The molecule has 0 spiro atoms. The topological polar surface area (TPSA) is 72.9 Å². The Morgan fingerprint density at radius 2 is 1.59 bits per heavy atom. The second kappa shape index (κ2) is 7.40. The van der Waals surface area contributed by atoms with E-state index in [0.29, 0.717) is 19.4 Å². The lowest BCUT2D eigenvalue weighted by molar-refractivity contribution is -0.135. The molecule has 3 atom stereocenters. The van der Waals surface area contributed by atoms with Gasteiger partial charge in [0.05, 0.1) is 6.10 Å². The zero-order valence-corrected chi connectivity index (χ0v) is 15.0. The summed E-state index contributed by atoms with van der Waals surface area (Å²) in [6.45, 7) is 0.654. The van der Waals surface area contributed by atoms with Crippen LogP contribution in [-0.2, 0) is 17.8 Å². The van der Waals surface area contributed by atoms with Crippen LogP contribution in [0.3, 0.4) is 0 Å². The van der Waals surface area contributed by atoms with E-state index < -0.39 is 18.3 Å². The van der Waals surface area contributed by atoms with Gasteiger partial charge in [0.15, 0.2) is 0 Å². The average Bonchev–Trinajstić information content (AvgIpc) is 3.04. The van der Waals surface area contributed by atoms with E-state index in [0.717, 1.165) is 11.1 Å². The van der Waals surface area contributed by atoms with Crippen LogP contribution in [0.5, 0.6) is 0 Å². The Labute approximate surface area is 158 Å². The van der Waals surface area contributed by atoms with Crippen LogP contribution in [-0.4, -0.2) is 51.7 Å². The molecule has 2 aromatic carbocycles. The largest absolute Gasteiger partial charge is 0.391 e. The van der Waals surface area contributed by atoms with Crippen LogP contribution in [0.2, 0.25) is 0 Å². The molecular formula is C21H23N3O3. The maximum absolute atomic E-state index is 13.1. The number of nitrogens with one attached hydrogen (secondary N) is 1. The van der Waals surface area contributed by atoms with Gasteiger partial charge in [-0.2, -0.15) is 0 Å². The zero-order chi connectivity index (χ0) is 18.8. The Morgan fingerprint density at radius 1 is 0.963 bits per heavy atom. The third-order valence-corrected chi connectivity index (χ3v) is 5.23. The van der Waals surface area contributed by atoms with Gasteiger partial charge in [0.2, 0.25) is 5.91 Å².